The van der Waals surface area contributed by atoms with Crippen molar-refractivity contribution in [2.45, 2.75) is 19.9 Å². The van der Waals surface area contributed by atoms with Crippen molar-refractivity contribution in [3.05, 3.63) is 42.4 Å². The van der Waals surface area contributed by atoms with Gasteiger partial charge in [0.05, 0.1) is 24.8 Å². The number of hydrogen-bond donors (Lipinski definition) is 2. The zero-order chi connectivity index (χ0) is 12.8. The van der Waals surface area contributed by atoms with Crippen LogP contribution in [0.1, 0.15) is 18.9 Å². The lowest BCUT2D eigenvalue weighted by atomic mass is 10.2. The molecule has 0 bridgehead atoms. The zero-order valence-electron chi connectivity index (χ0n) is 10.5. The van der Waals surface area contributed by atoms with Gasteiger partial charge in [0.25, 0.3) is 0 Å². The molecule has 1 aromatic carbocycles. The average molecular weight is 246 g/mol. The first kappa shape index (κ1) is 12.4. The van der Waals surface area contributed by atoms with Crippen molar-refractivity contribution in [3.63, 3.8) is 0 Å². The van der Waals surface area contributed by atoms with E-state index in [1.165, 1.54) is 0 Å². The molecule has 0 fully saturated rings. The first-order chi connectivity index (χ1) is 8.79. The summed E-state index contributed by atoms with van der Waals surface area (Å²) < 4.78 is 10.6. The fourth-order valence-electron chi connectivity index (χ4n) is 1.58. The summed E-state index contributed by atoms with van der Waals surface area (Å²) in [5.74, 6) is 0.731. The molecule has 4 nitrogen and oxygen atoms in total. The molecular weight excluding hydrogens is 228 g/mol. The van der Waals surface area contributed by atoms with E-state index < -0.39 is 0 Å². The van der Waals surface area contributed by atoms with E-state index >= 15 is 0 Å². The molecule has 3 N–H and O–H groups in total. The lowest BCUT2D eigenvalue weighted by Crippen LogP contribution is -2.02. The molecule has 0 saturated carbocycles. The molecule has 2 aromatic rings. The Morgan fingerprint density at radius 3 is 2.94 bits per heavy atom. The van der Waals surface area contributed by atoms with Gasteiger partial charge in [-0.1, -0.05) is 6.92 Å². The third-order valence-electron chi connectivity index (χ3n) is 2.55. The van der Waals surface area contributed by atoms with Crippen LogP contribution in [-0.4, -0.2) is 6.61 Å². The Morgan fingerprint density at radius 1 is 1.33 bits per heavy atom. The number of rotatable bonds is 6. The van der Waals surface area contributed by atoms with E-state index in [-0.39, 0.29) is 0 Å². The predicted octanol–water partition coefficient (Wildman–Crippen LogP) is 3.26. The maximum absolute atomic E-state index is 5.85. The predicted molar refractivity (Wildman–Crippen MR) is 72.7 cm³/mol. The van der Waals surface area contributed by atoms with Crippen LogP contribution >= 0.6 is 0 Å². The standard InChI is InChI=1S/C14H18N2O2/c1-2-6-18-14-8-12(3-4-13(14)15)16-9-11-5-7-17-10-11/h3-5,7-8,10,16H,2,6,9,15H2,1H3. The minimum atomic E-state index is 0.664. The van der Waals surface area contributed by atoms with Gasteiger partial charge >= 0.3 is 0 Å². The van der Waals surface area contributed by atoms with Crippen LogP contribution in [0.2, 0.25) is 0 Å². The number of nitrogens with one attached hydrogen (secondary N) is 1. The maximum Gasteiger partial charge on any atom is 0.144 e. The quantitative estimate of drug-likeness (QED) is 0.768. The van der Waals surface area contributed by atoms with Crippen LogP contribution in [0.15, 0.2) is 41.2 Å². The number of hydrogen-bond acceptors (Lipinski definition) is 4. The minimum Gasteiger partial charge on any atom is -0.491 e. The van der Waals surface area contributed by atoms with Crippen LogP contribution in [0.3, 0.4) is 0 Å². The van der Waals surface area contributed by atoms with Crippen molar-refractivity contribution in [1.82, 2.24) is 0 Å². The Hall–Kier alpha value is -2.10. The lowest BCUT2D eigenvalue weighted by molar-refractivity contribution is 0.319. The lowest BCUT2D eigenvalue weighted by Gasteiger charge is -2.11. The summed E-state index contributed by atoms with van der Waals surface area (Å²) in [5, 5.41) is 3.30. The summed E-state index contributed by atoms with van der Waals surface area (Å²) in [6.07, 6.45) is 4.35. The Morgan fingerprint density at radius 2 is 2.22 bits per heavy atom. The monoisotopic (exact) mass is 246 g/mol. The second-order valence-corrected chi connectivity index (χ2v) is 4.09. The van der Waals surface area contributed by atoms with E-state index in [2.05, 4.69) is 12.2 Å². The van der Waals surface area contributed by atoms with Crippen molar-refractivity contribution >= 4 is 11.4 Å². The molecule has 0 amide bonds. The third kappa shape index (κ3) is 3.20. The van der Waals surface area contributed by atoms with E-state index in [4.69, 9.17) is 14.9 Å². The SMILES string of the molecule is CCCOc1cc(NCc2ccoc2)ccc1N. The molecule has 0 spiro atoms. The number of anilines is 2. The molecule has 18 heavy (non-hydrogen) atoms. The molecule has 0 radical (unpaired) electrons. The number of ether oxygens (including phenoxy) is 1. The zero-order valence-corrected chi connectivity index (χ0v) is 10.5. The van der Waals surface area contributed by atoms with E-state index in [0.29, 0.717) is 18.8 Å². The first-order valence-electron chi connectivity index (χ1n) is 6.07. The average Bonchev–Trinajstić information content (AvgIpc) is 2.89. The van der Waals surface area contributed by atoms with Gasteiger partial charge in [-0.3, -0.25) is 0 Å². The Kier molecular flexibility index (Phi) is 4.12. The van der Waals surface area contributed by atoms with Gasteiger partial charge in [-0.25, -0.2) is 0 Å². The van der Waals surface area contributed by atoms with Gasteiger partial charge < -0.3 is 20.2 Å². The van der Waals surface area contributed by atoms with Gasteiger partial charge in [0.1, 0.15) is 5.75 Å². The van der Waals surface area contributed by atoms with Crippen LogP contribution in [0.4, 0.5) is 11.4 Å². The fourth-order valence-corrected chi connectivity index (χ4v) is 1.58. The minimum absolute atomic E-state index is 0.664. The molecule has 1 aromatic heterocycles. The molecule has 0 unspecified atom stereocenters. The summed E-state index contributed by atoms with van der Waals surface area (Å²) in [5.41, 5.74) is 8.60. The number of furan rings is 1. The van der Waals surface area contributed by atoms with Gasteiger partial charge in [0.15, 0.2) is 0 Å². The summed E-state index contributed by atoms with van der Waals surface area (Å²) >= 11 is 0. The highest BCUT2D eigenvalue weighted by atomic mass is 16.5. The number of benzene rings is 1. The van der Waals surface area contributed by atoms with Crippen molar-refractivity contribution in [3.8, 4) is 5.75 Å². The Labute approximate surface area is 107 Å². The Balaban J connectivity index is 2.00. The second-order valence-electron chi connectivity index (χ2n) is 4.09. The highest BCUT2D eigenvalue weighted by molar-refractivity contribution is 5.61. The van der Waals surface area contributed by atoms with Gasteiger partial charge in [-0.05, 0) is 24.6 Å². The fraction of sp³-hybridized carbons (Fsp3) is 0.286. The topological polar surface area (TPSA) is 60.4 Å². The molecule has 4 heteroatoms. The summed E-state index contributed by atoms with van der Waals surface area (Å²) in [6, 6.07) is 7.64. The first-order valence-corrected chi connectivity index (χ1v) is 6.07. The van der Waals surface area contributed by atoms with Crippen LogP contribution < -0.4 is 15.8 Å². The van der Waals surface area contributed by atoms with Crippen molar-refractivity contribution in [2.24, 2.45) is 0 Å². The van der Waals surface area contributed by atoms with Gasteiger partial charge in [0, 0.05) is 23.9 Å². The highest BCUT2D eigenvalue weighted by Crippen LogP contribution is 2.26. The van der Waals surface area contributed by atoms with E-state index in [1.54, 1.807) is 12.5 Å². The molecule has 0 aliphatic carbocycles. The maximum atomic E-state index is 5.85. The molecule has 1 heterocycles. The van der Waals surface area contributed by atoms with E-state index in [1.807, 2.05) is 24.3 Å². The van der Waals surface area contributed by atoms with Crippen molar-refractivity contribution in [2.75, 3.05) is 17.7 Å². The van der Waals surface area contributed by atoms with Crippen molar-refractivity contribution in [1.29, 1.82) is 0 Å². The largest absolute Gasteiger partial charge is 0.491 e. The van der Waals surface area contributed by atoms with Crippen LogP contribution in [0.5, 0.6) is 5.75 Å². The van der Waals surface area contributed by atoms with Gasteiger partial charge in [-0.2, -0.15) is 0 Å². The molecule has 0 aliphatic heterocycles. The molecule has 0 aliphatic rings. The van der Waals surface area contributed by atoms with Crippen molar-refractivity contribution < 1.29 is 9.15 Å². The smallest absolute Gasteiger partial charge is 0.144 e. The summed E-state index contributed by atoms with van der Waals surface area (Å²) in [7, 11) is 0. The normalized spacial score (nSPS) is 10.3. The highest BCUT2D eigenvalue weighted by Gasteiger charge is 2.02. The molecule has 0 atom stereocenters. The second kappa shape index (κ2) is 6.00. The van der Waals surface area contributed by atoms with Crippen LogP contribution in [0, 0.1) is 0 Å². The molecule has 96 valence electrons. The van der Waals surface area contributed by atoms with Gasteiger partial charge in [0.2, 0.25) is 0 Å². The number of nitrogens with two attached hydrogens (primary N) is 1. The van der Waals surface area contributed by atoms with E-state index in [0.717, 1.165) is 23.4 Å². The van der Waals surface area contributed by atoms with Gasteiger partial charge in [-0.15, -0.1) is 0 Å². The summed E-state index contributed by atoms with van der Waals surface area (Å²) in [6.45, 7) is 3.46. The molecule has 2 rings (SSSR count). The Bertz CT molecular complexity index is 481. The van der Waals surface area contributed by atoms with E-state index in [9.17, 15) is 0 Å². The number of nitrogen functional groups attached to an aromatic ring is 1. The summed E-state index contributed by atoms with van der Waals surface area (Å²) in [4.78, 5) is 0. The van der Waals surface area contributed by atoms with Crippen LogP contribution in [0.25, 0.3) is 0 Å². The molecule has 0 saturated heterocycles. The molecular formula is C14H18N2O2. The third-order valence-corrected chi connectivity index (χ3v) is 2.55. The van der Waals surface area contributed by atoms with Crippen LogP contribution in [-0.2, 0) is 6.54 Å².